The zero-order chi connectivity index (χ0) is 13.8. The van der Waals surface area contributed by atoms with E-state index in [0.29, 0.717) is 30.7 Å². The third-order valence-electron chi connectivity index (χ3n) is 3.97. The molecule has 19 heavy (non-hydrogen) atoms. The number of amides is 1. The van der Waals surface area contributed by atoms with Crippen molar-refractivity contribution >= 4 is 5.91 Å². The normalized spacial score (nSPS) is 17.2. The fraction of sp³-hybridized carbons (Fsp3) is 0.769. The van der Waals surface area contributed by atoms with Gasteiger partial charge >= 0.3 is 0 Å². The van der Waals surface area contributed by atoms with Gasteiger partial charge in [0.05, 0.1) is 30.5 Å². The van der Waals surface area contributed by atoms with E-state index in [1.54, 1.807) is 7.11 Å². The maximum absolute atomic E-state index is 11.1. The molecule has 1 aliphatic rings. The fourth-order valence-corrected chi connectivity index (χ4v) is 2.56. The number of primary amides is 1. The lowest BCUT2D eigenvalue weighted by Crippen LogP contribution is -2.25. The maximum Gasteiger partial charge on any atom is 0.223 e. The van der Waals surface area contributed by atoms with E-state index in [-0.39, 0.29) is 12.3 Å². The third kappa shape index (κ3) is 3.12. The molecule has 1 amide bonds. The van der Waals surface area contributed by atoms with E-state index in [2.05, 4.69) is 17.2 Å². The topological polar surface area (TPSA) is 83.0 Å². The van der Waals surface area contributed by atoms with Crippen LogP contribution in [0.4, 0.5) is 0 Å². The summed E-state index contributed by atoms with van der Waals surface area (Å²) < 4.78 is 7.09. The van der Waals surface area contributed by atoms with E-state index >= 15 is 0 Å². The first kappa shape index (κ1) is 14.0. The number of hydrogen-bond donors (Lipinski definition) is 1. The zero-order valence-electron chi connectivity index (χ0n) is 11.6. The summed E-state index contributed by atoms with van der Waals surface area (Å²) in [5, 5.41) is 8.36. The van der Waals surface area contributed by atoms with Crippen LogP contribution in [-0.4, -0.2) is 34.6 Å². The Hall–Kier alpha value is -1.43. The first-order chi connectivity index (χ1) is 9.13. The zero-order valence-corrected chi connectivity index (χ0v) is 11.6. The molecule has 1 saturated carbocycles. The molecule has 0 aromatic carbocycles. The molecule has 0 saturated heterocycles. The average Bonchev–Trinajstić information content (AvgIpc) is 2.66. The quantitative estimate of drug-likeness (QED) is 0.793. The molecule has 2 N–H and O–H groups in total. The number of carbonyl (C=O) groups is 1. The molecular weight excluding hydrogens is 244 g/mol. The number of nitrogens with zero attached hydrogens (tertiary/aromatic N) is 3. The van der Waals surface area contributed by atoms with E-state index in [1.165, 1.54) is 19.3 Å². The van der Waals surface area contributed by atoms with Crippen molar-refractivity contribution in [2.45, 2.75) is 45.1 Å². The number of hydrogen-bond acceptors (Lipinski definition) is 4. The van der Waals surface area contributed by atoms with Gasteiger partial charge in [0.1, 0.15) is 0 Å². The number of nitrogens with two attached hydrogens (primary N) is 1. The third-order valence-corrected chi connectivity index (χ3v) is 3.97. The molecule has 1 heterocycles. The summed E-state index contributed by atoms with van der Waals surface area (Å²) in [6.07, 6.45) is 4.65. The molecule has 6 heteroatoms. The molecule has 1 fully saturated rings. The van der Waals surface area contributed by atoms with E-state index in [4.69, 9.17) is 10.5 Å². The Labute approximate surface area is 113 Å². The van der Waals surface area contributed by atoms with Crippen molar-refractivity contribution in [2.75, 3.05) is 13.7 Å². The van der Waals surface area contributed by atoms with Gasteiger partial charge in [-0.15, -0.1) is 5.10 Å². The van der Waals surface area contributed by atoms with Gasteiger partial charge in [0, 0.05) is 13.5 Å². The van der Waals surface area contributed by atoms with Crippen LogP contribution in [0.25, 0.3) is 0 Å². The van der Waals surface area contributed by atoms with Crippen LogP contribution in [-0.2, 0) is 22.4 Å². The minimum atomic E-state index is -0.373. The average molecular weight is 266 g/mol. The van der Waals surface area contributed by atoms with Crippen molar-refractivity contribution in [3.63, 3.8) is 0 Å². The summed E-state index contributed by atoms with van der Waals surface area (Å²) >= 11 is 0. The molecule has 106 valence electrons. The van der Waals surface area contributed by atoms with Crippen LogP contribution in [0.15, 0.2) is 0 Å². The van der Waals surface area contributed by atoms with Gasteiger partial charge in [0.2, 0.25) is 5.91 Å². The molecule has 0 aliphatic heterocycles. The Morgan fingerprint density at radius 1 is 1.58 bits per heavy atom. The fourth-order valence-electron chi connectivity index (χ4n) is 2.56. The van der Waals surface area contributed by atoms with Crippen LogP contribution in [0.1, 0.15) is 43.6 Å². The van der Waals surface area contributed by atoms with Gasteiger partial charge in [-0.3, -0.25) is 4.79 Å². The Balaban J connectivity index is 2.20. The van der Waals surface area contributed by atoms with E-state index in [9.17, 15) is 4.79 Å². The van der Waals surface area contributed by atoms with Crippen LogP contribution in [0.3, 0.4) is 0 Å². The van der Waals surface area contributed by atoms with E-state index < -0.39 is 0 Å². The Morgan fingerprint density at radius 3 is 2.84 bits per heavy atom. The second kappa shape index (κ2) is 6.14. The van der Waals surface area contributed by atoms with Gasteiger partial charge in [-0.25, -0.2) is 4.68 Å². The number of ether oxygens (including phenoxy) is 1. The van der Waals surface area contributed by atoms with Crippen LogP contribution in [0.2, 0.25) is 0 Å². The highest BCUT2D eigenvalue weighted by atomic mass is 16.5. The van der Waals surface area contributed by atoms with Gasteiger partial charge in [-0.05, 0) is 25.7 Å². The SMILES string of the molecule is COCCc1c(CC(N)=O)nnn1C(C)C1CCC1. The summed E-state index contributed by atoms with van der Waals surface area (Å²) in [6.45, 7) is 2.76. The molecule has 0 radical (unpaired) electrons. The van der Waals surface area contributed by atoms with Gasteiger partial charge < -0.3 is 10.5 Å². The van der Waals surface area contributed by atoms with Crippen molar-refractivity contribution in [3.05, 3.63) is 11.4 Å². The lowest BCUT2D eigenvalue weighted by atomic mass is 9.80. The van der Waals surface area contributed by atoms with Crippen molar-refractivity contribution in [1.29, 1.82) is 0 Å². The monoisotopic (exact) mass is 266 g/mol. The van der Waals surface area contributed by atoms with Gasteiger partial charge in [0.15, 0.2) is 0 Å². The summed E-state index contributed by atoms with van der Waals surface area (Å²) in [6, 6.07) is 0.328. The van der Waals surface area contributed by atoms with Gasteiger partial charge in [-0.2, -0.15) is 0 Å². The molecule has 2 rings (SSSR count). The number of carbonyl (C=O) groups excluding carboxylic acids is 1. The summed E-state index contributed by atoms with van der Waals surface area (Å²) in [5.41, 5.74) is 6.93. The molecule has 1 atom stereocenters. The predicted molar refractivity (Wildman–Crippen MR) is 70.6 cm³/mol. The molecular formula is C13H22N4O2. The summed E-state index contributed by atoms with van der Waals surface area (Å²) in [7, 11) is 1.66. The first-order valence-corrected chi connectivity index (χ1v) is 6.83. The molecule has 1 aromatic rings. The highest BCUT2D eigenvalue weighted by Crippen LogP contribution is 2.36. The molecule has 6 nitrogen and oxygen atoms in total. The second-order valence-corrected chi connectivity index (χ2v) is 5.24. The molecule has 1 unspecified atom stereocenters. The second-order valence-electron chi connectivity index (χ2n) is 5.24. The number of aromatic nitrogens is 3. The van der Waals surface area contributed by atoms with Crippen LogP contribution < -0.4 is 5.73 Å². The molecule has 1 aromatic heterocycles. The highest BCUT2D eigenvalue weighted by molar-refractivity contribution is 5.76. The molecule has 0 bridgehead atoms. The summed E-state index contributed by atoms with van der Waals surface area (Å²) in [5.74, 6) is 0.298. The van der Waals surface area contributed by atoms with Crippen molar-refractivity contribution in [3.8, 4) is 0 Å². The minimum Gasteiger partial charge on any atom is -0.384 e. The van der Waals surface area contributed by atoms with Gasteiger partial charge in [-0.1, -0.05) is 11.6 Å². The van der Waals surface area contributed by atoms with Crippen molar-refractivity contribution < 1.29 is 9.53 Å². The van der Waals surface area contributed by atoms with E-state index in [1.807, 2.05) is 4.68 Å². The number of methoxy groups -OCH3 is 1. The molecule has 1 aliphatic carbocycles. The standard InChI is InChI=1S/C13H22N4O2/c1-9(10-4-3-5-10)17-12(6-7-19-2)11(15-16-17)8-13(14)18/h9-10H,3-8H2,1-2H3,(H2,14,18). The molecule has 0 spiro atoms. The van der Waals surface area contributed by atoms with Crippen molar-refractivity contribution in [1.82, 2.24) is 15.0 Å². The lowest BCUT2D eigenvalue weighted by molar-refractivity contribution is -0.117. The van der Waals surface area contributed by atoms with Gasteiger partial charge in [0.25, 0.3) is 0 Å². The highest BCUT2D eigenvalue weighted by Gasteiger charge is 2.28. The minimum absolute atomic E-state index is 0.149. The van der Waals surface area contributed by atoms with Crippen LogP contribution >= 0.6 is 0 Å². The van der Waals surface area contributed by atoms with Crippen LogP contribution in [0.5, 0.6) is 0 Å². The maximum atomic E-state index is 11.1. The summed E-state index contributed by atoms with van der Waals surface area (Å²) in [4.78, 5) is 11.1. The first-order valence-electron chi connectivity index (χ1n) is 6.83. The van der Waals surface area contributed by atoms with Crippen LogP contribution in [0, 0.1) is 5.92 Å². The number of rotatable bonds is 7. The van der Waals surface area contributed by atoms with Crippen molar-refractivity contribution in [2.24, 2.45) is 11.7 Å². The Bertz CT molecular complexity index is 440. The van der Waals surface area contributed by atoms with E-state index in [0.717, 1.165) is 5.69 Å². The largest absolute Gasteiger partial charge is 0.384 e. The smallest absolute Gasteiger partial charge is 0.223 e. The predicted octanol–water partition coefficient (Wildman–Crippen LogP) is 0.856. The Morgan fingerprint density at radius 2 is 2.32 bits per heavy atom. The Kier molecular flexibility index (Phi) is 4.52. The lowest BCUT2D eigenvalue weighted by Gasteiger charge is -2.32.